The first kappa shape index (κ1) is 27.3. The van der Waals surface area contributed by atoms with Gasteiger partial charge in [-0.2, -0.15) is 0 Å². The van der Waals surface area contributed by atoms with Crippen LogP contribution in [0.25, 0.3) is 0 Å². The van der Waals surface area contributed by atoms with Crippen molar-refractivity contribution in [2.75, 3.05) is 32.8 Å². The zero-order valence-electron chi connectivity index (χ0n) is 21.2. The molecule has 1 heterocycles. The number of aliphatic hydroxyl groups is 2. The average molecular weight is 537 g/mol. The number of hydrogen-bond acceptors (Lipinski definition) is 8. The molecule has 4 rings (SSSR count). The number of aliphatic imine (C=N–C) groups is 2. The molecule has 1 aliphatic heterocycles. The largest absolute Gasteiger partial charge is 0.469 e. The molecule has 1 aliphatic rings. The van der Waals surface area contributed by atoms with Crippen molar-refractivity contribution in [2.24, 2.45) is 9.98 Å². The lowest BCUT2D eigenvalue weighted by Gasteiger charge is -2.22. The number of hydrogen-bond donors (Lipinski definition) is 2. The Morgan fingerprint density at radius 1 is 0.973 bits per heavy atom. The van der Waals surface area contributed by atoms with E-state index in [0.717, 1.165) is 32.0 Å². The molecule has 0 radical (unpaired) electrons. The summed E-state index contributed by atoms with van der Waals surface area (Å²) in [5, 5.41) is 19.8. The molecule has 3 atom stereocenters. The summed E-state index contributed by atoms with van der Waals surface area (Å²) in [4.78, 5) is 11.5. The molecule has 0 fully saturated rings. The molecule has 0 saturated carbocycles. The van der Waals surface area contributed by atoms with Gasteiger partial charge in [-0.15, -0.1) is 23.5 Å². The van der Waals surface area contributed by atoms with Gasteiger partial charge in [-0.25, -0.2) is 4.99 Å². The van der Waals surface area contributed by atoms with Gasteiger partial charge in [-0.1, -0.05) is 36.4 Å². The minimum Gasteiger partial charge on any atom is -0.469 e. The molecule has 8 heteroatoms. The van der Waals surface area contributed by atoms with Crippen molar-refractivity contribution in [3.8, 4) is 0 Å². The number of thioether (sulfide) groups is 2. The normalized spacial score (nSPS) is 18.3. The summed E-state index contributed by atoms with van der Waals surface area (Å²) < 4.78 is 12.7. The monoisotopic (exact) mass is 536 g/mol. The number of ether oxygens (including phenoxy) is 2. The fourth-order valence-corrected chi connectivity index (χ4v) is 5.07. The molecule has 0 aromatic heterocycles. The highest BCUT2D eigenvalue weighted by atomic mass is 32.2. The predicted octanol–water partition coefficient (Wildman–Crippen LogP) is 5.53. The first-order valence-electron chi connectivity index (χ1n) is 12.1. The van der Waals surface area contributed by atoms with Crippen LogP contribution in [0.3, 0.4) is 0 Å². The maximum absolute atomic E-state index is 10.1. The summed E-state index contributed by atoms with van der Waals surface area (Å²) in [6, 6.07) is 23.5. The third kappa shape index (κ3) is 6.38. The van der Waals surface area contributed by atoms with Gasteiger partial charge < -0.3 is 19.7 Å². The first-order valence-corrected chi connectivity index (χ1v) is 14.5. The Morgan fingerprint density at radius 2 is 1.62 bits per heavy atom. The Morgan fingerprint density at radius 3 is 2.22 bits per heavy atom. The van der Waals surface area contributed by atoms with Crippen LogP contribution < -0.4 is 0 Å². The summed E-state index contributed by atoms with van der Waals surface area (Å²) in [6.45, 7) is -0.144. The molecular formula is C29H32N2O4S2. The molecule has 0 amide bonds. The van der Waals surface area contributed by atoms with Crippen molar-refractivity contribution in [1.29, 1.82) is 0 Å². The molecule has 6 nitrogen and oxygen atoms in total. The Kier molecular flexibility index (Phi) is 9.68. The second-order valence-corrected chi connectivity index (χ2v) is 10.2. The van der Waals surface area contributed by atoms with Crippen LogP contribution in [0.15, 0.2) is 92.6 Å². The predicted molar refractivity (Wildman–Crippen MR) is 152 cm³/mol. The van der Waals surface area contributed by atoms with E-state index in [1.807, 2.05) is 85.3 Å². The molecular weight excluding hydrogens is 504 g/mol. The first-order chi connectivity index (χ1) is 18.1. The Bertz CT molecular complexity index is 1230. The lowest BCUT2D eigenvalue weighted by atomic mass is 10.0. The van der Waals surface area contributed by atoms with E-state index < -0.39 is 6.04 Å². The van der Waals surface area contributed by atoms with E-state index in [2.05, 4.69) is 4.99 Å². The van der Waals surface area contributed by atoms with E-state index in [1.165, 1.54) is 0 Å². The summed E-state index contributed by atoms with van der Waals surface area (Å²) in [5.74, 6) is 0.879. The van der Waals surface area contributed by atoms with E-state index in [4.69, 9.17) is 14.5 Å². The van der Waals surface area contributed by atoms with E-state index in [1.54, 1.807) is 30.6 Å². The van der Waals surface area contributed by atoms with Gasteiger partial charge in [0.2, 0.25) is 11.8 Å². The van der Waals surface area contributed by atoms with Gasteiger partial charge in [-0.05, 0) is 60.0 Å². The van der Waals surface area contributed by atoms with E-state index in [-0.39, 0.29) is 25.4 Å². The summed E-state index contributed by atoms with van der Waals surface area (Å²) in [7, 11) is 1.68. The van der Waals surface area contributed by atoms with Crippen LogP contribution in [0, 0.1) is 0 Å². The smallest absolute Gasteiger partial charge is 0.218 e. The van der Waals surface area contributed by atoms with Gasteiger partial charge in [0.1, 0.15) is 12.1 Å². The van der Waals surface area contributed by atoms with Crippen LogP contribution in [0.4, 0.5) is 0 Å². The van der Waals surface area contributed by atoms with Gasteiger partial charge in [0, 0.05) is 41.0 Å². The van der Waals surface area contributed by atoms with Crippen molar-refractivity contribution in [1.82, 2.24) is 0 Å². The molecule has 2 N–H and O–H groups in total. The Balaban J connectivity index is 1.61. The fraction of sp³-hybridized carbons (Fsp3) is 0.310. The Hall–Kier alpha value is -2.78. The zero-order chi connectivity index (χ0) is 26.2. The SMILES string of the molecule is CN=C(O[C@H](CCO)c1ccc(SC)cc1)c1ccccc1C1=N[C@@H](CO)[C@H](c2ccc(SC)cc2)O1. The molecule has 0 bridgehead atoms. The van der Waals surface area contributed by atoms with E-state index in [9.17, 15) is 10.2 Å². The van der Waals surface area contributed by atoms with Crippen molar-refractivity contribution < 1.29 is 19.7 Å². The minimum atomic E-state index is -0.414. The third-order valence-corrected chi connectivity index (χ3v) is 7.71. The topological polar surface area (TPSA) is 83.6 Å². The maximum atomic E-state index is 10.1. The fourth-order valence-electron chi connectivity index (χ4n) is 4.26. The van der Waals surface area contributed by atoms with Gasteiger partial charge in [-0.3, -0.25) is 4.99 Å². The highest BCUT2D eigenvalue weighted by molar-refractivity contribution is 7.98. The lowest BCUT2D eigenvalue weighted by molar-refractivity contribution is 0.145. The molecule has 0 aliphatic carbocycles. The molecule has 3 aromatic rings. The molecule has 0 spiro atoms. The van der Waals surface area contributed by atoms with Gasteiger partial charge in [0.15, 0.2) is 6.10 Å². The maximum Gasteiger partial charge on any atom is 0.218 e. The van der Waals surface area contributed by atoms with E-state index >= 15 is 0 Å². The average Bonchev–Trinajstić information content (AvgIpc) is 3.40. The van der Waals surface area contributed by atoms with Crippen molar-refractivity contribution in [3.05, 3.63) is 95.1 Å². The molecule has 0 unspecified atom stereocenters. The van der Waals surface area contributed by atoms with Crippen LogP contribution >= 0.6 is 23.5 Å². The minimum absolute atomic E-state index is 0.0153. The van der Waals surface area contributed by atoms with Crippen LogP contribution in [-0.2, 0) is 9.47 Å². The summed E-state index contributed by atoms with van der Waals surface area (Å²) in [6.07, 6.45) is 3.75. The molecule has 3 aromatic carbocycles. The van der Waals surface area contributed by atoms with Crippen LogP contribution in [0.5, 0.6) is 0 Å². The van der Waals surface area contributed by atoms with Crippen LogP contribution in [-0.4, -0.2) is 60.8 Å². The molecule has 37 heavy (non-hydrogen) atoms. The number of nitrogens with zero attached hydrogens (tertiary/aromatic N) is 2. The van der Waals surface area contributed by atoms with Gasteiger partial charge >= 0.3 is 0 Å². The lowest BCUT2D eigenvalue weighted by Crippen LogP contribution is -2.19. The van der Waals surface area contributed by atoms with Crippen molar-refractivity contribution in [3.63, 3.8) is 0 Å². The number of aliphatic hydroxyl groups excluding tert-OH is 2. The third-order valence-electron chi connectivity index (χ3n) is 6.23. The van der Waals surface area contributed by atoms with E-state index in [0.29, 0.717) is 18.2 Å². The van der Waals surface area contributed by atoms with Gasteiger partial charge in [0.05, 0.1) is 6.61 Å². The Labute approximate surface area is 226 Å². The number of benzene rings is 3. The summed E-state index contributed by atoms with van der Waals surface area (Å²) in [5.41, 5.74) is 3.41. The molecule has 0 saturated heterocycles. The quantitative estimate of drug-likeness (QED) is 0.202. The van der Waals surface area contributed by atoms with Crippen LogP contribution in [0.2, 0.25) is 0 Å². The second-order valence-electron chi connectivity index (χ2n) is 8.46. The van der Waals surface area contributed by atoms with Crippen molar-refractivity contribution in [2.45, 2.75) is 34.5 Å². The second kappa shape index (κ2) is 13.1. The van der Waals surface area contributed by atoms with Crippen LogP contribution in [0.1, 0.15) is 40.9 Å². The molecule has 194 valence electrons. The summed E-state index contributed by atoms with van der Waals surface area (Å²) >= 11 is 3.35. The zero-order valence-corrected chi connectivity index (χ0v) is 22.8. The number of rotatable bonds is 10. The van der Waals surface area contributed by atoms with Crippen molar-refractivity contribution >= 4 is 35.3 Å². The van der Waals surface area contributed by atoms with Gasteiger partial charge in [0.25, 0.3) is 0 Å². The standard InChI is InChI=1S/C29H32N2O4S2/c1-30-28(34-26(16-17-32)19-8-12-21(36-2)13-9-19)23-6-4-5-7-24(23)29-31-25(18-33)27(35-29)20-10-14-22(37-3)15-11-20/h4-15,25-27,32-33H,16-18H2,1-3H3/t25-,26+,27-/m0/s1. The highest BCUT2D eigenvalue weighted by Crippen LogP contribution is 2.33. The highest BCUT2D eigenvalue weighted by Gasteiger charge is 2.34.